The molecule has 2 aromatic heterocycles. The highest BCUT2D eigenvalue weighted by atomic mass is 35.5. The van der Waals surface area contributed by atoms with E-state index < -0.39 is 0 Å². The van der Waals surface area contributed by atoms with Crippen molar-refractivity contribution in [2.75, 3.05) is 0 Å². The summed E-state index contributed by atoms with van der Waals surface area (Å²) in [5.74, 6) is 0.855. The van der Waals surface area contributed by atoms with E-state index in [1.54, 1.807) is 18.6 Å². The second-order valence-electron chi connectivity index (χ2n) is 3.85. The van der Waals surface area contributed by atoms with Crippen molar-refractivity contribution in [1.29, 1.82) is 0 Å². The van der Waals surface area contributed by atoms with Crippen molar-refractivity contribution < 1.29 is 0 Å². The van der Waals surface area contributed by atoms with Crippen molar-refractivity contribution in [2.45, 2.75) is 0 Å². The third-order valence-corrected chi connectivity index (χ3v) is 2.99. The minimum atomic E-state index is 0.656. The summed E-state index contributed by atoms with van der Waals surface area (Å²) in [6.07, 6.45) is 5.28. The van der Waals surface area contributed by atoms with Gasteiger partial charge in [-0.1, -0.05) is 35.9 Å². The van der Waals surface area contributed by atoms with Crippen LogP contribution in [0.15, 0.2) is 55.0 Å². The molecule has 3 rings (SSSR count). The Morgan fingerprint density at radius 2 is 1.67 bits per heavy atom. The number of benzene rings is 1. The van der Waals surface area contributed by atoms with E-state index in [1.807, 2.05) is 36.4 Å². The summed E-state index contributed by atoms with van der Waals surface area (Å²) in [4.78, 5) is 11.6. The zero-order valence-corrected chi connectivity index (χ0v) is 10.2. The summed E-state index contributed by atoms with van der Waals surface area (Å²) in [5, 5.41) is 0.656. The summed E-state index contributed by atoms with van der Waals surface area (Å²) in [5.41, 5.74) is 2.83. The zero-order valence-electron chi connectivity index (χ0n) is 9.47. The van der Waals surface area contributed by atoms with E-state index in [4.69, 9.17) is 11.6 Å². The van der Waals surface area contributed by atoms with Crippen LogP contribution in [0.1, 0.15) is 0 Å². The van der Waals surface area contributed by atoms with E-state index in [0.29, 0.717) is 5.02 Å². The monoisotopic (exact) mass is 255 g/mol. The number of halogens is 1. The standard InChI is InChI=1S/C14H10ClN3/c15-12-2-1-7-16-13(12)10-3-5-11(6-4-10)14-17-8-9-18-14/h1-9H,(H,17,18). The highest BCUT2D eigenvalue weighted by Gasteiger charge is 2.05. The molecule has 0 aliphatic carbocycles. The number of pyridine rings is 1. The number of H-pyrrole nitrogens is 1. The van der Waals surface area contributed by atoms with E-state index in [0.717, 1.165) is 22.6 Å². The molecule has 18 heavy (non-hydrogen) atoms. The molecule has 1 N–H and O–H groups in total. The van der Waals surface area contributed by atoms with E-state index in [1.165, 1.54) is 0 Å². The molecular weight excluding hydrogens is 246 g/mol. The van der Waals surface area contributed by atoms with Crippen molar-refractivity contribution >= 4 is 11.6 Å². The van der Waals surface area contributed by atoms with Crippen LogP contribution in [0.25, 0.3) is 22.6 Å². The topological polar surface area (TPSA) is 41.6 Å². The summed E-state index contributed by atoms with van der Waals surface area (Å²) < 4.78 is 0. The Balaban J connectivity index is 1.99. The van der Waals surface area contributed by atoms with Crippen molar-refractivity contribution in [3.8, 4) is 22.6 Å². The van der Waals surface area contributed by atoms with Crippen LogP contribution in [0.4, 0.5) is 0 Å². The van der Waals surface area contributed by atoms with Gasteiger partial charge in [-0.2, -0.15) is 0 Å². The Labute approximate surface area is 109 Å². The fraction of sp³-hybridized carbons (Fsp3) is 0. The Bertz CT molecular complexity index is 645. The van der Waals surface area contributed by atoms with Gasteiger partial charge in [0, 0.05) is 29.7 Å². The van der Waals surface area contributed by atoms with Gasteiger partial charge in [-0.25, -0.2) is 4.98 Å². The van der Waals surface area contributed by atoms with E-state index >= 15 is 0 Å². The van der Waals surface area contributed by atoms with E-state index in [-0.39, 0.29) is 0 Å². The van der Waals surface area contributed by atoms with Crippen LogP contribution in [-0.2, 0) is 0 Å². The normalized spacial score (nSPS) is 10.5. The highest BCUT2D eigenvalue weighted by molar-refractivity contribution is 6.33. The highest BCUT2D eigenvalue weighted by Crippen LogP contribution is 2.26. The van der Waals surface area contributed by atoms with Gasteiger partial charge in [-0.15, -0.1) is 0 Å². The Hall–Kier alpha value is -2.13. The first-order valence-electron chi connectivity index (χ1n) is 5.55. The molecule has 0 amide bonds. The van der Waals surface area contributed by atoms with Gasteiger partial charge in [0.1, 0.15) is 5.82 Å². The molecule has 0 aliphatic rings. The molecule has 0 spiro atoms. The minimum Gasteiger partial charge on any atom is -0.345 e. The van der Waals surface area contributed by atoms with Crippen LogP contribution >= 0.6 is 11.6 Å². The predicted molar refractivity (Wildman–Crippen MR) is 72.3 cm³/mol. The molecule has 4 heteroatoms. The van der Waals surface area contributed by atoms with Gasteiger partial charge < -0.3 is 4.98 Å². The van der Waals surface area contributed by atoms with Crippen molar-refractivity contribution in [2.24, 2.45) is 0 Å². The maximum absolute atomic E-state index is 6.12. The number of imidazole rings is 1. The molecule has 2 heterocycles. The van der Waals surface area contributed by atoms with Gasteiger partial charge in [-0.3, -0.25) is 4.98 Å². The van der Waals surface area contributed by atoms with Crippen LogP contribution in [-0.4, -0.2) is 15.0 Å². The summed E-state index contributed by atoms with van der Waals surface area (Å²) in [7, 11) is 0. The quantitative estimate of drug-likeness (QED) is 0.757. The molecule has 0 saturated carbocycles. The molecular formula is C14H10ClN3. The number of hydrogen-bond acceptors (Lipinski definition) is 2. The lowest BCUT2D eigenvalue weighted by molar-refractivity contribution is 1.30. The molecule has 0 atom stereocenters. The summed E-state index contributed by atoms with van der Waals surface area (Å²) in [6, 6.07) is 11.6. The molecule has 0 radical (unpaired) electrons. The van der Waals surface area contributed by atoms with Crippen LogP contribution in [0.5, 0.6) is 0 Å². The number of hydrogen-bond donors (Lipinski definition) is 1. The van der Waals surface area contributed by atoms with Gasteiger partial charge in [0.2, 0.25) is 0 Å². The molecule has 3 nitrogen and oxygen atoms in total. The van der Waals surface area contributed by atoms with Crippen molar-refractivity contribution in [3.63, 3.8) is 0 Å². The maximum atomic E-state index is 6.12. The number of nitrogens with one attached hydrogen (secondary N) is 1. The maximum Gasteiger partial charge on any atom is 0.137 e. The fourth-order valence-electron chi connectivity index (χ4n) is 1.81. The van der Waals surface area contributed by atoms with Crippen molar-refractivity contribution in [1.82, 2.24) is 15.0 Å². The predicted octanol–water partition coefficient (Wildman–Crippen LogP) is 3.79. The summed E-state index contributed by atoms with van der Waals surface area (Å²) in [6.45, 7) is 0. The van der Waals surface area contributed by atoms with E-state index in [9.17, 15) is 0 Å². The van der Waals surface area contributed by atoms with Crippen LogP contribution in [0.2, 0.25) is 5.02 Å². The van der Waals surface area contributed by atoms with Gasteiger partial charge >= 0.3 is 0 Å². The SMILES string of the molecule is Clc1cccnc1-c1ccc(-c2ncc[nH]2)cc1. The second-order valence-corrected chi connectivity index (χ2v) is 4.26. The van der Waals surface area contributed by atoms with Gasteiger partial charge in [0.05, 0.1) is 10.7 Å². The van der Waals surface area contributed by atoms with Gasteiger partial charge in [-0.05, 0) is 12.1 Å². The van der Waals surface area contributed by atoms with Gasteiger partial charge in [0.25, 0.3) is 0 Å². The third-order valence-electron chi connectivity index (χ3n) is 2.69. The van der Waals surface area contributed by atoms with Crippen LogP contribution in [0, 0.1) is 0 Å². The average molecular weight is 256 g/mol. The summed E-state index contributed by atoms with van der Waals surface area (Å²) >= 11 is 6.12. The number of aromatic amines is 1. The van der Waals surface area contributed by atoms with Crippen LogP contribution < -0.4 is 0 Å². The lowest BCUT2D eigenvalue weighted by Crippen LogP contribution is -1.85. The Kier molecular flexibility index (Phi) is 2.82. The zero-order chi connectivity index (χ0) is 12.4. The average Bonchev–Trinajstić information content (AvgIpc) is 2.94. The lowest BCUT2D eigenvalue weighted by Gasteiger charge is -2.04. The lowest BCUT2D eigenvalue weighted by atomic mass is 10.1. The molecule has 88 valence electrons. The molecule has 0 aliphatic heterocycles. The number of rotatable bonds is 2. The molecule has 3 aromatic rings. The first-order valence-corrected chi connectivity index (χ1v) is 5.93. The third kappa shape index (κ3) is 2.00. The minimum absolute atomic E-state index is 0.656. The molecule has 0 saturated heterocycles. The molecule has 0 bridgehead atoms. The van der Waals surface area contributed by atoms with Gasteiger partial charge in [0.15, 0.2) is 0 Å². The van der Waals surface area contributed by atoms with Crippen molar-refractivity contribution in [3.05, 3.63) is 60.0 Å². The Morgan fingerprint density at radius 3 is 2.33 bits per heavy atom. The first kappa shape index (κ1) is 11.0. The number of nitrogens with zero attached hydrogens (tertiary/aromatic N) is 2. The fourth-order valence-corrected chi connectivity index (χ4v) is 2.04. The molecule has 0 fully saturated rings. The number of aromatic nitrogens is 3. The molecule has 0 unspecified atom stereocenters. The first-order chi connectivity index (χ1) is 8.84. The van der Waals surface area contributed by atoms with E-state index in [2.05, 4.69) is 15.0 Å². The Morgan fingerprint density at radius 1 is 0.889 bits per heavy atom. The largest absolute Gasteiger partial charge is 0.345 e. The second kappa shape index (κ2) is 4.63. The smallest absolute Gasteiger partial charge is 0.137 e. The molecule has 1 aromatic carbocycles. The van der Waals surface area contributed by atoms with Crippen LogP contribution in [0.3, 0.4) is 0 Å².